The molecule has 1 aromatic carbocycles. The number of hydrogen-bond acceptors (Lipinski definition) is 1. The Morgan fingerprint density at radius 2 is 1.77 bits per heavy atom. The number of nitrogens with one attached hydrogen (secondary N) is 2. The van der Waals surface area contributed by atoms with E-state index in [1.807, 2.05) is 4.90 Å². The van der Waals surface area contributed by atoms with Crippen molar-refractivity contribution in [2.45, 2.75) is 57.0 Å². The molecule has 2 aromatic rings. The summed E-state index contributed by atoms with van der Waals surface area (Å²) < 4.78 is 0. The zero-order chi connectivity index (χ0) is 17.3. The number of aromatic amines is 1. The van der Waals surface area contributed by atoms with E-state index in [1.54, 1.807) is 0 Å². The van der Waals surface area contributed by atoms with Crippen molar-refractivity contribution in [3.05, 3.63) is 35.5 Å². The fourth-order valence-electron chi connectivity index (χ4n) is 6.91. The van der Waals surface area contributed by atoms with Crippen molar-refractivity contribution in [1.82, 2.24) is 15.2 Å². The Morgan fingerprint density at radius 3 is 2.50 bits per heavy atom. The summed E-state index contributed by atoms with van der Waals surface area (Å²) in [4.78, 5) is 18.7. The fourth-order valence-corrected chi connectivity index (χ4v) is 6.91. The Kier molecular flexibility index (Phi) is 3.07. The number of fused-ring (bicyclic) bond motifs is 3. The predicted molar refractivity (Wildman–Crippen MR) is 102 cm³/mol. The summed E-state index contributed by atoms with van der Waals surface area (Å²) >= 11 is 0. The smallest absolute Gasteiger partial charge is 0.318 e. The van der Waals surface area contributed by atoms with Crippen LogP contribution in [0, 0.1) is 17.8 Å². The lowest BCUT2D eigenvalue weighted by atomic mass is 9.53. The van der Waals surface area contributed by atoms with Gasteiger partial charge in [0.1, 0.15) is 0 Å². The summed E-state index contributed by atoms with van der Waals surface area (Å²) in [7, 11) is 0. The summed E-state index contributed by atoms with van der Waals surface area (Å²) in [6.45, 7) is 1.55. The van der Waals surface area contributed by atoms with Crippen molar-refractivity contribution in [3.63, 3.8) is 0 Å². The lowest BCUT2D eigenvalue weighted by Crippen LogP contribution is -2.62. The summed E-state index contributed by atoms with van der Waals surface area (Å²) in [6, 6.07) is 8.63. The van der Waals surface area contributed by atoms with Crippen LogP contribution in [0.3, 0.4) is 0 Å². The molecule has 4 bridgehead atoms. The van der Waals surface area contributed by atoms with Gasteiger partial charge in [0.15, 0.2) is 0 Å². The fraction of sp³-hybridized carbons (Fsp3) is 0.591. The van der Waals surface area contributed by atoms with Crippen LogP contribution in [0.5, 0.6) is 0 Å². The minimum Gasteiger partial charge on any atom is -0.358 e. The number of aromatic nitrogens is 1. The molecule has 4 fully saturated rings. The number of carbonyl (C=O) groups excluding carboxylic acids is 1. The van der Waals surface area contributed by atoms with Crippen LogP contribution in [0.1, 0.15) is 49.8 Å². The zero-order valence-electron chi connectivity index (χ0n) is 15.3. The minimum atomic E-state index is 0.103. The first-order valence-electron chi connectivity index (χ1n) is 10.3. The molecule has 2 N–H and O–H groups in total. The normalized spacial score (nSPS) is 34.9. The number of nitrogens with zero attached hydrogens (tertiary/aromatic N) is 1. The molecular formula is C22H27N3O. The highest BCUT2D eigenvalue weighted by Crippen LogP contribution is 2.55. The number of urea groups is 1. The van der Waals surface area contributed by atoms with E-state index >= 15 is 0 Å². The van der Waals surface area contributed by atoms with Crippen LogP contribution >= 0.6 is 0 Å². The Bertz CT molecular complexity index is 847. The standard InChI is InChI=1S/C22H27N3O/c26-21(24-22-10-14-7-15(11-22)9-16(8-14)12-22)25-6-5-20-18(13-25)17-3-1-2-4-19(17)23-20/h1-4,14-16,23H,5-13H2,(H,24,26). The molecule has 0 radical (unpaired) electrons. The molecule has 5 aliphatic rings. The predicted octanol–water partition coefficient (Wildman–Crippen LogP) is 4.20. The quantitative estimate of drug-likeness (QED) is 0.796. The van der Waals surface area contributed by atoms with E-state index in [9.17, 15) is 4.79 Å². The lowest BCUT2D eigenvalue weighted by molar-refractivity contribution is -0.0159. The van der Waals surface area contributed by atoms with Gasteiger partial charge in [0.25, 0.3) is 0 Å². The number of rotatable bonds is 1. The molecule has 4 heteroatoms. The van der Waals surface area contributed by atoms with E-state index in [-0.39, 0.29) is 11.6 Å². The van der Waals surface area contributed by atoms with E-state index in [4.69, 9.17) is 0 Å². The third-order valence-electron chi connectivity index (χ3n) is 7.58. The SMILES string of the molecule is O=C(NC12CC3CC(CC(C3)C1)C2)N1CCc2[nH]c3ccccc3c2C1. The van der Waals surface area contributed by atoms with Gasteiger partial charge in [0.05, 0.1) is 0 Å². The molecule has 4 nitrogen and oxygen atoms in total. The molecule has 0 atom stereocenters. The van der Waals surface area contributed by atoms with E-state index in [1.165, 1.54) is 60.7 Å². The molecule has 4 aliphatic carbocycles. The van der Waals surface area contributed by atoms with Crippen molar-refractivity contribution in [1.29, 1.82) is 0 Å². The lowest BCUT2D eigenvalue weighted by Gasteiger charge is -2.57. The number of benzene rings is 1. The first-order valence-corrected chi connectivity index (χ1v) is 10.3. The first kappa shape index (κ1) is 15.1. The number of H-pyrrole nitrogens is 1. The monoisotopic (exact) mass is 349 g/mol. The number of para-hydroxylation sites is 1. The van der Waals surface area contributed by atoms with Crippen molar-refractivity contribution in [2.24, 2.45) is 17.8 Å². The highest BCUT2D eigenvalue weighted by atomic mass is 16.2. The maximum Gasteiger partial charge on any atom is 0.318 e. The number of hydrogen-bond donors (Lipinski definition) is 2. The van der Waals surface area contributed by atoms with Gasteiger partial charge in [-0.2, -0.15) is 0 Å². The summed E-state index contributed by atoms with van der Waals surface area (Å²) in [6.07, 6.45) is 8.83. The van der Waals surface area contributed by atoms with Gasteiger partial charge in [-0.3, -0.25) is 0 Å². The number of amides is 2. The van der Waals surface area contributed by atoms with Crippen LogP contribution < -0.4 is 5.32 Å². The highest BCUT2D eigenvalue weighted by Gasteiger charge is 2.51. The molecule has 7 rings (SSSR count). The highest BCUT2D eigenvalue weighted by molar-refractivity contribution is 5.86. The Morgan fingerprint density at radius 1 is 1.08 bits per heavy atom. The maximum absolute atomic E-state index is 13.2. The Labute approximate surface area is 154 Å². The van der Waals surface area contributed by atoms with Crippen LogP contribution in [0.4, 0.5) is 4.79 Å². The Hall–Kier alpha value is -1.97. The molecule has 1 aliphatic heterocycles. The van der Waals surface area contributed by atoms with Crippen molar-refractivity contribution >= 4 is 16.9 Å². The average Bonchev–Trinajstić information content (AvgIpc) is 2.98. The van der Waals surface area contributed by atoms with Gasteiger partial charge in [-0.15, -0.1) is 0 Å². The molecule has 2 heterocycles. The van der Waals surface area contributed by atoms with E-state index in [0.29, 0.717) is 0 Å². The second-order valence-electron chi connectivity index (χ2n) is 9.43. The van der Waals surface area contributed by atoms with Crippen LogP contribution in [0.2, 0.25) is 0 Å². The molecule has 0 spiro atoms. The second kappa shape index (κ2) is 5.28. The molecule has 4 saturated carbocycles. The molecule has 26 heavy (non-hydrogen) atoms. The Balaban J connectivity index is 1.23. The second-order valence-corrected chi connectivity index (χ2v) is 9.43. The third-order valence-corrected chi connectivity index (χ3v) is 7.58. The van der Waals surface area contributed by atoms with E-state index in [2.05, 4.69) is 34.6 Å². The van der Waals surface area contributed by atoms with Gasteiger partial charge in [0, 0.05) is 47.2 Å². The summed E-state index contributed by atoms with van der Waals surface area (Å²) in [5.74, 6) is 2.59. The molecule has 136 valence electrons. The average molecular weight is 349 g/mol. The van der Waals surface area contributed by atoms with Crippen LogP contribution in [0.15, 0.2) is 24.3 Å². The van der Waals surface area contributed by atoms with Gasteiger partial charge in [-0.05, 0) is 62.3 Å². The molecule has 0 unspecified atom stereocenters. The minimum absolute atomic E-state index is 0.103. The van der Waals surface area contributed by atoms with Crippen molar-refractivity contribution in [2.75, 3.05) is 6.54 Å². The number of carbonyl (C=O) groups is 1. The van der Waals surface area contributed by atoms with Gasteiger partial charge in [-0.1, -0.05) is 18.2 Å². The van der Waals surface area contributed by atoms with Crippen molar-refractivity contribution < 1.29 is 4.79 Å². The molecule has 0 saturated heterocycles. The van der Waals surface area contributed by atoms with E-state index in [0.717, 1.165) is 37.3 Å². The molecule has 1 aromatic heterocycles. The van der Waals surface area contributed by atoms with Gasteiger partial charge < -0.3 is 15.2 Å². The van der Waals surface area contributed by atoms with Crippen LogP contribution in [-0.2, 0) is 13.0 Å². The molecular weight excluding hydrogens is 322 g/mol. The van der Waals surface area contributed by atoms with Crippen LogP contribution in [0.25, 0.3) is 10.9 Å². The van der Waals surface area contributed by atoms with Crippen molar-refractivity contribution in [3.8, 4) is 0 Å². The summed E-state index contributed by atoms with van der Waals surface area (Å²) in [5.41, 5.74) is 3.92. The van der Waals surface area contributed by atoms with Gasteiger partial charge in [0.2, 0.25) is 0 Å². The maximum atomic E-state index is 13.2. The third kappa shape index (κ3) is 2.23. The zero-order valence-corrected chi connectivity index (χ0v) is 15.3. The van der Waals surface area contributed by atoms with Crippen LogP contribution in [-0.4, -0.2) is 28.0 Å². The topological polar surface area (TPSA) is 48.1 Å². The summed E-state index contributed by atoms with van der Waals surface area (Å²) in [5, 5.41) is 4.82. The largest absolute Gasteiger partial charge is 0.358 e. The molecule has 2 amide bonds. The van der Waals surface area contributed by atoms with E-state index < -0.39 is 0 Å². The van der Waals surface area contributed by atoms with Gasteiger partial charge in [-0.25, -0.2) is 4.79 Å². The van der Waals surface area contributed by atoms with Gasteiger partial charge >= 0.3 is 6.03 Å². The first-order chi connectivity index (χ1) is 12.7.